The maximum atomic E-state index is 13.8. The van der Waals surface area contributed by atoms with Gasteiger partial charge in [-0.05, 0) is 50.0 Å². The zero-order chi connectivity index (χ0) is 44.2. The number of nitrogens with two attached hydrogens (primary N) is 1. The molecule has 60 heavy (non-hydrogen) atoms. The van der Waals surface area contributed by atoms with Gasteiger partial charge in [-0.2, -0.15) is 4.57 Å². The van der Waals surface area contributed by atoms with Crippen molar-refractivity contribution in [3.05, 3.63) is 54.1 Å². The maximum absolute atomic E-state index is 13.8. The van der Waals surface area contributed by atoms with E-state index in [1.807, 2.05) is 32.0 Å². The molecule has 0 saturated carbocycles. The van der Waals surface area contributed by atoms with Gasteiger partial charge in [-0.15, -0.1) is 0 Å². The lowest BCUT2D eigenvalue weighted by Crippen LogP contribution is -2.52. The van der Waals surface area contributed by atoms with Gasteiger partial charge in [-0.25, -0.2) is 9.51 Å². The number of Topliss-reactive ketones (excluding diaryl/α,β-unsaturated/α-hetero) is 2. The average molecular weight is 862 g/mol. The number of unbranched alkanes of at least 4 members (excludes halogenated alkanes) is 5. The summed E-state index contributed by atoms with van der Waals surface area (Å²) in [6.45, 7) is 6.05. The largest absolute Gasteiger partial charge is 0.632 e. The average Bonchev–Trinajstić information content (AvgIpc) is 3.91. The van der Waals surface area contributed by atoms with Crippen LogP contribution in [0.4, 0.5) is 0 Å². The number of carbonyl (C=O) groups excluding carboxylic acids is 6. The van der Waals surface area contributed by atoms with Crippen molar-refractivity contribution in [2.24, 2.45) is 23.5 Å². The van der Waals surface area contributed by atoms with Crippen molar-refractivity contribution in [1.82, 2.24) is 25.5 Å². The van der Waals surface area contributed by atoms with E-state index in [1.165, 1.54) is 36.8 Å². The number of aliphatic hydroxyl groups excluding tert-OH is 1. The Kier molecular flexibility index (Phi) is 21.3. The molecule has 0 aliphatic carbocycles. The van der Waals surface area contributed by atoms with Gasteiger partial charge < -0.3 is 35.9 Å². The van der Waals surface area contributed by atoms with Crippen LogP contribution in [-0.2, 0) is 50.7 Å². The number of aryl methyl sites for hydroxylation is 1. The first-order valence-electron chi connectivity index (χ1n) is 21.1. The third-order valence-electron chi connectivity index (χ3n) is 10.8. The van der Waals surface area contributed by atoms with Crippen LogP contribution in [0.15, 0.2) is 42.9 Å². The van der Waals surface area contributed by atoms with Crippen molar-refractivity contribution in [2.45, 2.75) is 135 Å². The summed E-state index contributed by atoms with van der Waals surface area (Å²) < 4.78 is 21.8. The highest BCUT2D eigenvalue weighted by Crippen LogP contribution is 2.43. The van der Waals surface area contributed by atoms with Gasteiger partial charge in [0.2, 0.25) is 23.6 Å². The summed E-state index contributed by atoms with van der Waals surface area (Å²) in [5.74, 6) is -6.14. The summed E-state index contributed by atoms with van der Waals surface area (Å²) in [6, 6.07) is 7.07. The van der Waals surface area contributed by atoms with Crippen LogP contribution in [0.5, 0.6) is 0 Å². The molecule has 0 radical (unpaired) electrons. The number of rotatable bonds is 29. The van der Waals surface area contributed by atoms with E-state index in [0.717, 1.165) is 38.5 Å². The number of amides is 4. The van der Waals surface area contributed by atoms with Gasteiger partial charge in [-0.1, -0.05) is 69.9 Å². The predicted molar refractivity (Wildman–Crippen MR) is 224 cm³/mol. The molecule has 2 heterocycles. The molecule has 2 aromatic rings. The molecule has 1 fully saturated rings. The Morgan fingerprint density at radius 3 is 2.27 bits per heavy atom. The zero-order valence-corrected chi connectivity index (χ0v) is 36.3. The molecule has 1 aliphatic rings. The van der Waals surface area contributed by atoms with Crippen molar-refractivity contribution < 1.29 is 52.4 Å². The number of hydrogen-bond acceptors (Lipinski definition) is 10. The van der Waals surface area contributed by atoms with Gasteiger partial charge in [0, 0.05) is 51.5 Å². The summed E-state index contributed by atoms with van der Waals surface area (Å²) in [6.07, 6.45) is 8.52. The molecule has 0 bridgehead atoms. The molecule has 7 atom stereocenters. The molecule has 17 nitrogen and oxygen atoms in total. The predicted octanol–water partition coefficient (Wildman–Crippen LogP) is 3.22. The molecule has 1 aromatic carbocycles. The van der Waals surface area contributed by atoms with Gasteiger partial charge in [0.05, 0.1) is 31.5 Å². The summed E-state index contributed by atoms with van der Waals surface area (Å²) >= 11 is 0. The number of likely N-dealkylation sites (tertiary alicyclic amines) is 1. The topological polar surface area (TPSA) is 264 Å². The highest BCUT2D eigenvalue weighted by atomic mass is 31.2. The van der Waals surface area contributed by atoms with Crippen molar-refractivity contribution in [1.29, 1.82) is 0 Å². The minimum Gasteiger partial charge on any atom is -0.394 e. The maximum Gasteiger partial charge on any atom is 0.632 e. The molecule has 1 saturated heterocycles. The number of aliphatic hydroxyl groups is 2. The lowest BCUT2D eigenvalue weighted by molar-refractivity contribution is -0.139. The quantitative estimate of drug-likeness (QED) is 0.0393. The fourth-order valence-corrected chi connectivity index (χ4v) is 8.48. The Balaban J connectivity index is 1.56. The Labute approximate surface area is 352 Å². The lowest BCUT2D eigenvalue weighted by Gasteiger charge is -2.27. The van der Waals surface area contributed by atoms with E-state index < -0.39 is 86.2 Å². The smallest absolute Gasteiger partial charge is 0.394 e. The number of aromatic nitrogens is 2. The number of primary amides is 1. The van der Waals surface area contributed by atoms with E-state index in [2.05, 4.69) is 37.3 Å². The first-order valence-corrected chi connectivity index (χ1v) is 22.6. The summed E-state index contributed by atoms with van der Waals surface area (Å²) in [5, 5.41) is 15.5. The Morgan fingerprint density at radius 2 is 1.65 bits per heavy atom. The van der Waals surface area contributed by atoms with Crippen molar-refractivity contribution in [3.63, 3.8) is 0 Å². The SMILES string of the molecule is CC(=O)N1CCC[C@H]1C(=O)N[C@@H](CC(C)C)C(=O)C[C@@H](Cc1cnc[nH]1)C(=O)N[C@@H](CO)C(=O)C[C@H](C(N)=O)[C@@H](C)[OH+]P(=O)(O)OCCCCCCCCc1ccccc1. The van der Waals surface area contributed by atoms with E-state index in [9.17, 15) is 43.3 Å². The molecular formula is C42H66N6O11P+. The Bertz CT molecular complexity index is 1730. The highest BCUT2D eigenvalue weighted by Gasteiger charge is 2.40. The molecule has 334 valence electrons. The zero-order valence-electron chi connectivity index (χ0n) is 35.4. The van der Waals surface area contributed by atoms with E-state index in [0.29, 0.717) is 31.5 Å². The van der Waals surface area contributed by atoms with Crippen LogP contribution in [0, 0.1) is 17.8 Å². The fraction of sp³-hybridized carbons (Fsp3) is 0.643. The van der Waals surface area contributed by atoms with Crippen molar-refractivity contribution in [3.8, 4) is 0 Å². The van der Waals surface area contributed by atoms with Crippen LogP contribution in [0.25, 0.3) is 0 Å². The molecule has 18 heteroatoms. The number of ketones is 2. The van der Waals surface area contributed by atoms with Crippen LogP contribution in [0.1, 0.15) is 110 Å². The van der Waals surface area contributed by atoms with Crippen molar-refractivity contribution in [2.75, 3.05) is 19.8 Å². The van der Waals surface area contributed by atoms with Gasteiger partial charge in [0.1, 0.15) is 18.0 Å². The van der Waals surface area contributed by atoms with Crippen LogP contribution < -0.4 is 16.4 Å². The van der Waals surface area contributed by atoms with Crippen LogP contribution >= 0.6 is 7.82 Å². The van der Waals surface area contributed by atoms with Crippen LogP contribution in [-0.4, -0.2) is 109 Å². The summed E-state index contributed by atoms with van der Waals surface area (Å²) in [5.41, 5.74) is 7.42. The van der Waals surface area contributed by atoms with Gasteiger partial charge in [0.25, 0.3) is 0 Å². The third-order valence-corrected chi connectivity index (χ3v) is 11.9. The fourth-order valence-electron chi connectivity index (χ4n) is 7.43. The van der Waals surface area contributed by atoms with E-state index in [4.69, 9.17) is 10.3 Å². The second kappa shape index (κ2) is 25.5. The first-order chi connectivity index (χ1) is 28.5. The van der Waals surface area contributed by atoms with E-state index >= 15 is 0 Å². The molecule has 4 amide bonds. The number of nitrogens with one attached hydrogen (secondary N) is 3. The van der Waals surface area contributed by atoms with Gasteiger partial charge in [0.15, 0.2) is 17.7 Å². The minimum atomic E-state index is -4.53. The summed E-state index contributed by atoms with van der Waals surface area (Å²) in [4.78, 5) is 97.8. The normalized spacial score (nSPS) is 17.6. The number of nitrogens with zero attached hydrogens (tertiary/aromatic N) is 2. The molecule has 3 rings (SSSR count). The molecule has 1 unspecified atom stereocenters. The second-order valence-corrected chi connectivity index (χ2v) is 17.6. The van der Waals surface area contributed by atoms with Gasteiger partial charge >= 0.3 is 7.82 Å². The number of hydrogen-bond donors (Lipinski definition) is 6. The number of H-pyrrole nitrogens is 1. The third kappa shape index (κ3) is 17.4. The highest BCUT2D eigenvalue weighted by molar-refractivity contribution is 7.46. The molecular weight excluding hydrogens is 795 g/mol. The lowest BCUT2D eigenvalue weighted by atomic mass is 9.89. The Morgan fingerprint density at radius 1 is 0.983 bits per heavy atom. The van der Waals surface area contributed by atoms with E-state index in [-0.39, 0.29) is 37.7 Å². The monoisotopic (exact) mass is 861 g/mol. The number of aromatic amines is 1. The molecule has 1 aliphatic heterocycles. The Hall–Kier alpha value is -4.28. The van der Waals surface area contributed by atoms with Crippen LogP contribution in [0.2, 0.25) is 0 Å². The van der Waals surface area contributed by atoms with Gasteiger partial charge in [-0.3, -0.25) is 33.7 Å². The number of imidazole rings is 1. The molecule has 8 N–H and O–H groups in total. The summed E-state index contributed by atoms with van der Waals surface area (Å²) in [7, 11) is -4.53. The van der Waals surface area contributed by atoms with Crippen molar-refractivity contribution >= 4 is 43.0 Å². The second-order valence-electron chi connectivity index (χ2n) is 16.2. The number of carbonyl (C=O) groups is 6. The van der Waals surface area contributed by atoms with Crippen LogP contribution in [0.3, 0.4) is 0 Å². The van der Waals surface area contributed by atoms with E-state index in [1.54, 1.807) is 0 Å². The molecule has 1 aromatic heterocycles. The first kappa shape index (κ1) is 50.1. The number of benzene rings is 1. The standard InChI is InChI=1S/C42H65N6O11P/c1-28(2)21-35(46-42(55)37-18-14-19-48(37)30(4)50)38(51)23-32(22-33-25-44-27-45-33)41(54)47-36(26-49)39(52)24-34(40(43)53)29(3)59-60(56,57)58-20-13-8-6-5-7-10-15-31-16-11-9-12-17-31/h9,11-12,16-17,25,27-29,32,34-37,49H,5-8,10,13-15,18-24,26H2,1-4H3,(H2,43,53)(H,44,45)(H,46,55)(H,47,54)(H,56,57)/p+1/t29-,32-,34+,35+,36+,37+/m1/s1. The molecule has 0 spiro atoms. The minimum absolute atomic E-state index is 0.00658.